The molecule has 0 N–H and O–H groups in total. The molecule has 0 aromatic heterocycles. The Kier molecular flexibility index (Phi) is 31.9. The molecule has 0 aliphatic carbocycles. The second kappa shape index (κ2) is 26.4. The second-order valence-electron chi connectivity index (χ2n) is 17.4. The van der Waals surface area contributed by atoms with Crippen molar-refractivity contribution in [1.82, 2.24) is 4.90 Å². The molecule has 48 heavy (non-hydrogen) atoms. The monoisotopic (exact) mass is 799 g/mol. The first-order valence-corrected chi connectivity index (χ1v) is 25.6. The molecule has 0 bridgehead atoms. The van der Waals surface area contributed by atoms with Gasteiger partial charge in [-0.25, -0.2) is 0 Å². The summed E-state index contributed by atoms with van der Waals surface area (Å²) in [6, 6.07) is 0. The Labute approximate surface area is 333 Å². The molecule has 0 aliphatic rings. The molecule has 0 aromatic carbocycles. The maximum Gasteiger partial charge on any atom is 0.237 e. The van der Waals surface area contributed by atoms with Crippen molar-refractivity contribution in [1.29, 1.82) is 0 Å². The van der Waals surface area contributed by atoms with Gasteiger partial charge in [0.1, 0.15) is 6.29 Å². The molecule has 1 amide bonds. The topological polar surface area (TPSA) is 55.8 Å². The van der Waals surface area contributed by atoms with E-state index in [1.54, 1.807) is 19.0 Å². The maximum atomic E-state index is 12.3. The Hall–Kier alpha value is 0.675. The van der Waals surface area contributed by atoms with Crippen LogP contribution < -0.4 is 0 Å². The first-order chi connectivity index (χ1) is 20.5. The normalized spacial score (nSPS) is 15.3. The van der Waals surface area contributed by atoms with Crippen molar-refractivity contribution in [3.8, 4) is 0 Å². The molecule has 282 valence electrons. The molecule has 0 rings (SSSR count). The van der Waals surface area contributed by atoms with Crippen LogP contribution in [0.4, 0.5) is 0 Å². The largest absolute Gasteiger partial charge is 0.410 e. The first-order valence-electron chi connectivity index (χ1n) is 17.8. The van der Waals surface area contributed by atoms with Crippen LogP contribution in [0.2, 0.25) is 46.8 Å². The smallest absolute Gasteiger partial charge is 0.237 e. The summed E-state index contributed by atoms with van der Waals surface area (Å²) >= 11 is 0.316. The van der Waals surface area contributed by atoms with Crippen LogP contribution in [0.1, 0.15) is 111 Å². The Morgan fingerprint density at radius 2 is 1.02 bits per heavy atom. The molecule has 0 aliphatic heterocycles. The van der Waals surface area contributed by atoms with E-state index >= 15 is 0 Å². The van der Waals surface area contributed by atoms with Gasteiger partial charge in [-0.05, 0) is 75.1 Å². The van der Waals surface area contributed by atoms with Crippen molar-refractivity contribution in [3.63, 3.8) is 0 Å². The van der Waals surface area contributed by atoms with Crippen LogP contribution in [0.25, 0.3) is 0 Å². The predicted molar refractivity (Wildman–Crippen MR) is 213 cm³/mol. The zero-order valence-electron chi connectivity index (χ0n) is 35.8. The van der Waals surface area contributed by atoms with E-state index in [-0.39, 0.29) is 77.1 Å². The van der Waals surface area contributed by atoms with E-state index in [9.17, 15) is 9.59 Å². The van der Waals surface area contributed by atoms with Crippen LogP contribution in [-0.4, -0.2) is 75.3 Å². The molecular formula is C38H80AlNO4Si2V2. The number of nitrogens with zero attached hydrogens (tertiary/aromatic N) is 1. The van der Waals surface area contributed by atoms with E-state index in [1.807, 2.05) is 40.7 Å². The van der Waals surface area contributed by atoms with Crippen LogP contribution in [-0.2, 0) is 55.6 Å². The van der Waals surface area contributed by atoms with Gasteiger partial charge in [-0.2, -0.15) is 0 Å². The molecule has 5 nitrogen and oxygen atoms in total. The van der Waals surface area contributed by atoms with E-state index < -0.39 is 16.6 Å². The van der Waals surface area contributed by atoms with Gasteiger partial charge < -0.3 is 18.5 Å². The van der Waals surface area contributed by atoms with Crippen LogP contribution in [0.3, 0.4) is 0 Å². The summed E-state index contributed by atoms with van der Waals surface area (Å²) in [5.41, 5.74) is 2.28. The first kappa shape index (κ1) is 58.0. The van der Waals surface area contributed by atoms with Crippen LogP contribution in [0.5, 0.6) is 0 Å². The van der Waals surface area contributed by atoms with Gasteiger partial charge in [0.15, 0.2) is 16.6 Å². The standard InChI is InChI=1S/C16H33NO2Si.C14H28O2Si.2C4H9.Al.2V.H/c1-11-12(2)14(13(3)15(18)17(7)8)19-20(9,10)16(4,5)6;1-9-11(2)13(12(3)10-15)16-17(7,8)14(4,5)6;2*1-4(2)3;;;;/h11,13-14H,1-10H3;9-10,12-13H,1-8H3;2*4H,1H2,2-3H3;;;;/b12-11+;11-9+;;;;;;/t13-,14+;12-,13-;;;;;;/m01....../s1. The minimum atomic E-state index is -1.90. The van der Waals surface area contributed by atoms with Crippen molar-refractivity contribution in [2.45, 2.75) is 170 Å². The van der Waals surface area contributed by atoms with Crippen molar-refractivity contribution < 1.29 is 55.6 Å². The Bertz CT molecular complexity index is 932. The number of allylic oxidation sites excluding steroid dienone is 2. The van der Waals surface area contributed by atoms with E-state index in [0.717, 1.165) is 29.3 Å². The van der Waals surface area contributed by atoms with Gasteiger partial charge in [0.25, 0.3) is 0 Å². The molecule has 10 heteroatoms. The minimum absolute atomic E-state index is 0. The number of amides is 1. The molecule has 2 radical (unpaired) electrons. The van der Waals surface area contributed by atoms with Crippen LogP contribution in [0.15, 0.2) is 23.3 Å². The fourth-order valence-electron chi connectivity index (χ4n) is 4.06. The SMILES string of the molecule is C/C=C(\C)[C@@H](O[Si](C)(C)C(C)(C)C)[C@H](C)C(=O)N(C)C.C/C=C(\C)[C@@H](O[Si](C)(C)C(C)(C)C)[C@H](C)C=O.CC(C)[CH2][AlH][CH2]C(C)C.[V].[V]. The van der Waals surface area contributed by atoms with Gasteiger partial charge in [-0.1, -0.05) is 118 Å². The summed E-state index contributed by atoms with van der Waals surface area (Å²) in [7, 11) is -0.130. The van der Waals surface area contributed by atoms with E-state index in [1.165, 1.54) is 10.6 Å². The zero-order valence-corrected chi connectivity index (χ0v) is 42.0. The molecule has 0 saturated heterocycles. The predicted octanol–water partition coefficient (Wildman–Crippen LogP) is 10.8. The summed E-state index contributed by atoms with van der Waals surface area (Å²) < 4.78 is 12.9. The van der Waals surface area contributed by atoms with Crippen molar-refractivity contribution in [2.75, 3.05) is 14.1 Å². The quantitative estimate of drug-likeness (QED) is 0.0998. The second-order valence-corrected chi connectivity index (χ2v) is 28.8. The molecule has 0 aromatic rings. The summed E-state index contributed by atoms with van der Waals surface area (Å²) in [5.74, 6) is 1.79. The van der Waals surface area contributed by atoms with Gasteiger partial charge in [-0.15, -0.1) is 0 Å². The number of carbonyl (C=O) groups is 2. The van der Waals surface area contributed by atoms with Gasteiger partial charge in [0, 0.05) is 57.1 Å². The van der Waals surface area contributed by atoms with Gasteiger partial charge in [0.2, 0.25) is 21.1 Å². The van der Waals surface area contributed by atoms with Crippen molar-refractivity contribution in [3.05, 3.63) is 23.3 Å². The minimum Gasteiger partial charge on any atom is -0.410 e. The van der Waals surface area contributed by atoms with Gasteiger partial charge >= 0.3 is 0 Å². The molecule has 0 fully saturated rings. The molecule has 0 heterocycles. The summed E-state index contributed by atoms with van der Waals surface area (Å²) in [5, 5.41) is 3.39. The average Bonchev–Trinajstić information content (AvgIpc) is 2.91. The number of hydrogen-bond donors (Lipinski definition) is 0. The maximum absolute atomic E-state index is 12.3. The third-order valence-electron chi connectivity index (χ3n) is 9.80. The van der Waals surface area contributed by atoms with Crippen LogP contribution >= 0.6 is 0 Å². The number of rotatable bonds is 14. The number of hydrogen-bond acceptors (Lipinski definition) is 4. The fourth-order valence-corrected chi connectivity index (χ4v) is 8.70. The van der Waals surface area contributed by atoms with E-state index in [4.69, 9.17) is 8.85 Å². The fraction of sp³-hybridized carbons (Fsp3) is 0.842. The third-order valence-corrected chi connectivity index (χ3v) is 21.8. The molecule has 4 atom stereocenters. The summed E-state index contributed by atoms with van der Waals surface area (Å²) in [6.07, 6.45) is 4.88. The molecule has 0 unspecified atom stereocenters. The van der Waals surface area contributed by atoms with E-state index in [2.05, 4.69) is 108 Å². The Morgan fingerprint density at radius 1 is 0.708 bits per heavy atom. The Balaban J connectivity index is -0.000000201. The van der Waals surface area contributed by atoms with Crippen LogP contribution in [0, 0.1) is 23.7 Å². The Morgan fingerprint density at radius 3 is 1.27 bits per heavy atom. The summed E-state index contributed by atoms with van der Waals surface area (Å²) in [6.45, 7) is 43.5. The van der Waals surface area contributed by atoms with Gasteiger partial charge in [-0.3, -0.25) is 4.79 Å². The number of carbonyl (C=O) groups excluding carboxylic acids is 2. The van der Waals surface area contributed by atoms with Crippen molar-refractivity contribution in [2.24, 2.45) is 23.7 Å². The van der Waals surface area contributed by atoms with Gasteiger partial charge in [0.05, 0.1) is 18.1 Å². The number of aldehydes is 1. The zero-order chi connectivity index (χ0) is 37.4. The summed E-state index contributed by atoms with van der Waals surface area (Å²) in [4.78, 5) is 24.9. The van der Waals surface area contributed by atoms with Crippen molar-refractivity contribution >= 4 is 44.0 Å². The molecule has 0 saturated carbocycles. The average molecular weight is 800 g/mol. The van der Waals surface area contributed by atoms with E-state index in [0.29, 0.717) is 15.2 Å². The third kappa shape index (κ3) is 23.3. The molecule has 0 spiro atoms. The molecular weight excluding hydrogens is 719 g/mol.